The summed E-state index contributed by atoms with van der Waals surface area (Å²) < 4.78 is 0. The molecule has 1 aromatic rings. The van der Waals surface area contributed by atoms with E-state index in [-0.39, 0.29) is 11.3 Å². The van der Waals surface area contributed by atoms with Gasteiger partial charge in [0.15, 0.2) is 0 Å². The predicted molar refractivity (Wildman–Crippen MR) is 56.9 cm³/mol. The van der Waals surface area contributed by atoms with Crippen LogP contribution >= 0.6 is 11.3 Å². The second kappa shape index (κ2) is 3.71. The molecule has 0 aromatic carbocycles. The van der Waals surface area contributed by atoms with Crippen molar-refractivity contribution in [3.05, 3.63) is 22.4 Å². The molecule has 0 spiro atoms. The lowest BCUT2D eigenvalue weighted by Gasteiger charge is -2.11. The molecule has 14 heavy (non-hydrogen) atoms. The Morgan fingerprint density at radius 3 is 2.93 bits per heavy atom. The van der Waals surface area contributed by atoms with E-state index in [9.17, 15) is 4.79 Å². The van der Waals surface area contributed by atoms with Gasteiger partial charge in [0.1, 0.15) is 0 Å². The van der Waals surface area contributed by atoms with Crippen LogP contribution in [0, 0.1) is 5.41 Å². The zero-order chi connectivity index (χ0) is 10.0. The number of rotatable bonds is 4. The summed E-state index contributed by atoms with van der Waals surface area (Å²) in [6.07, 6.45) is 1.89. The highest BCUT2D eigenvalue weighted by Crippen LogP contribution is 2.44. The molecule has 1 aliphatic rings. The molecule has 0 radical (unpaired) electrons. The number of nitrogens with two attached hydrogens (primary N) is 1. The third-order valence-corrected chi connectivity index (χ3v) is 3.61. The van der Waals surface area contributed by atoms with Crippen molar-refractivity contribution in [2.45, 2.75) is 19.4 Å². The molecule has 76 valence electrons. The molecule has 0 aliphatic heterocycles. The van der Waals surface area contributed by atoms with Crippen LogP contribution in [0.2, 0.25) is 0 Å². The second-order valence-electron chi connectivity index (χ2n) is 3.75. The molecule has 4 heteroatoms. The molecule has 3 nitrogen and oxygen atoms in total. The summed E-state index contributed by atoms with van der Waals surface area (Å²) in [6, 6.07) is 4.01. The molecule has 0 unspecified atom stereocenters. The number of thiophene rings is 1. The molecule has 0 bridgehead atoms. The molecule has 1 fully saturated rings. The average Bonchev–Trinajstić information content (AvgIpc) is 2.84. The van der Waals surface area contributed by atoms with Gasteiger partial charge in [-0.2, -0.15) is 0 Å². The molecule has 1 aliphatic carbocycles. The summed E-state index contributed by atoms with van der Waals surface area (Å²) in [6.45, 7) is 1.11. The van der Waals surface area contributed by atoms with Crippen molar-refractivity contribution in [3.63, 3.8) is 0 Å². The lowest BCUT2D eigenvalue weighted by Crippen LogP contribution is -2.35. The summed E-state index contributed by atoms with van der Waals surface area (Å²) >= 11 is 1.66. The van der Waals surface area contributed by atoms with E-state index in [2.05, 4.69) is 5.32 Å². The van der Waals surface area contributed by atoms with Crippen molar-refractivity contribution in [3.8, 4) is 0 Å². The van der Waals surface area contributed by atoms with Gasteiger partial charge in [-0.3, -0.25) is 4.79 Å². The third-order valence-electron chi connectivity index (χ3n) is 2.73. The molecule has 2 rings (SSSR count). The molecule has 1 saturated carbocycles. The lowest BCUT2D eigenvalue weighted by atomic mass is 10.1. The van der Waals surface area contributed by atoms with Crippen LogP contribution < -0.4 is 11.1 Å². The topological polar surface area (TPSA) is 55.1 Å². The van der Waals surface area contributed by atoms with E-state index >= 15 is 0 Å². The molecule has 0 saturated heterocycles. The fourth-order valence-electron chi connectivity index (χ4n) is 1.44. The average molecular weight is 210 g/mol. The first kappa shape index (κ1) is 9.68. The van der Waals surface area contributed by atoms with Crippen LogP contribution in [-0.2, 0) is 11.3 Å². The zero-order valence-corrected chi connectivity index (χ0v) is 8.77. The highest BCUT2D eigenvalue weighted by Gasteiger charge is 2.48. The van der Waals surface area contributed by atoms with Crippen LogP contribution in [0.3, 0.4) is 0 Å². The van der Waals surface area contributed by atoms with Gasteiger partial charge in [0.2, 0.25) is 5.91 Å². The van der Waals surface area contributed by atoms with Gasteiger partial charge in [-0.25, -0.2) is 0 Å². The maximum atomic E-state index is 11.7. The molecular formula is C10H14N2OS. The van der Waals surface area contributed by atoms with Crippen LogP contribution in [0.15, 0.2) is 17.5 Å². The highest BCUT2D eigenvalue weighted by molar-refractivity contribution is 7.09. The number of carbonyl (C=O) groups excluding carboxylic acids is 1. The van der Waals surface area contributed by atoms with Crippen LogP contribution in [0.1, 0.15) is 17.7 Å². The molecule has 1 amide bonds. The van der Waals surface area contributed by atoms with E-state index in [1.54, 1.807) is 11.3 Å². The maximum Gasteiger partial charge on any atom is 0.227 e. The number of carbonyl (C=O) groups is 1. The van der Waals surface area contributed by atoms with Crippen LogP contribution in [0.4, 0.5) is 0 Å². The minimum absolute atomic E-state index is 0.119. The molecule has 1 heterocycles. The largest absolute Gasteiger partial charge is 0.351 e. The number of hydrogen-bond donors (Lipinski definition) is 2. The van der Waals surface area contributed by atoms with Gasteiger partial charge >= 0.3 is 0 Å². The van der Waals surface area contributed by atoms with Crippen LogP contribution in [-0.4, -0.2) is 12.5 Å². The van der Waals surface area contributed by atoms with E-state index in [0.717, 1.165) is 12.8 Å². The third kappa shape index (κ3) is 1.81. The Morgan fingerprint density at radius 2 is 2.43 bits per heavy atom. The van der Waals surface area contributed by atoms with E-state index in [1.165, 1.54) is 4.88 Å². The summed E-state index contributed by atoms with van der Waals surface area (Å²) in [5.41, 5.74) is 5.34. The number of hydrogen-bond acceptors (Lipinski definition) is 3. The van der Waals surface area contributed by atoms with Crippen molar-refractivity contribution in [2.75, 3.05) is 6.54 Å². The van der Waals surface area contributed by atoms with Gasteiger partial charge in [0, 0.05) is 11.4 Å². The summed E-state index contributed by atoms with van der Waals surface area (Å²) in [5, 5.41) is 4.94. The highest BCUT2D eigenvalue weighted by atomic mass is 32.1. The van der Waals surface area contributed by atoms with Crippen molar-refractivity contribution in [1.29, 1.82) is 0 Å². The molecular weight excluding hydrogens is 196 g/mol. The summed E-state index contributed by atoms with van der Waals surface area (Å²) in [7, 11) is 0. The fourth-order valence-corrected chi connectivity index (χ4v) is 2.09. The SMILES string of the molecule is NCC1(C(=O)NCc2cccs2)CC1. The first-order valence-corrected chi connectivity index (χ1v) is 5.65. The van der Waals surface area contributed by atoms with E-state index < -0.39 is 0 Å². The smallest absolute Gasteiger partial charge is 0.227 e. The van der Waals surface area contributed by atoms with E-state index in [4.69, 9.17) is 5.73 Å². The van der Waals surface area contributed by atoms with Gasteiger partial charge in [0.05, 0.1) is 12.0 Å². The lowest BCUT2D eigenvalue weighted by molar-refractivity contribution is -0.126. The molecule has 3 N–H and O–H groups in total. The van der Waals surface area contributed by atoms with Gasteiger partial charge in [0.25, 0.3) is 0 Å². The first-order chi connectivity index (χ1) is 6.77. The quantitative estimate of drug-likeness (QED) is 0.782. The standard InChI is InChI=1S/C10H14N2OS/c11-7-10(3-4-10)9(13)12-6-8-2-1-5-14-8/h1-2,5H,3-4,6-7,11H2,(H,12,13). The molecule has 1 aromatic heterocycles. The Hall–Kier alpha value is -0.870. The Labute approximate surface area is 87.3 Å². The Balaban J connectivity index is 1.84. The second-order valence-corrected chi connectivity index (χ2v) is 4.78. The van der Waals surface area contributed by atoms with Gasteiger partial charge < -0.3 is 11.1 Å². The maximum absolute atomic E-state index is 11.7. The Kier molecular flexibility index (Phi) is 2.56. The minimum atomic E-state index is -0.225. The van der Waals surface area contributed by atoms with Gasteiger partial charge in [-0.15, -0.1) is 11.3 Å². The predicted octanol–water partition coefficient (Wildman–Crippen LogP) is 1.10. The monoisotopic (exact) mass is 210 g/mol. The normalized spacial score (nSPS) is 17.8. The van der Waals surface area contributed by atoms with Crippen molar-refractivity contribution in [1.82, 2.24) is 5.32 Å². The van der Waals surface area contributed by atoms with Crippen LogP contribution in [0.25, 0.3) is 0 Å². The van der Waals surface area contributed by atoms with Crippen molar-refractivity contribution >= 4 is 17.2 Å². The van der Waals surface area contributed by atoms with E-state index in [0.29, 0.717) is 13.1 Å². The van der Waals surface area contributed by atoms with Gasteiger partial charge in [-0.05, 0) is 24.3 Å². The Bertz CT molecular complexity index is 317. The molecule has 0 atom stereocenters. The summed E-state index contributed by atoms with van der Waals surface area (Å²) in [5.74, 6) is 0.119. The van der Waals surface area contributed by atoms with Gasteiger partial charge in [-0.1, -0.05) is 6.07 Å². The number of amides is 1. The van der Waals surface area contributed by atoms with Crippen molar-refractivity contribution in [2.24, 2.45) is 11.1 Å². The van der Waals surface area contributed by atoms with Crippen molar-refractivity contribution < 1.29 is 4.79 Å². The first-order valence-electron chi connectivity index (χ1n) is 4.78. The number of nitrogens with one attached hydrogen (secondary N) is 1. The van der Waals surface area contributed by atoms with E-state index in [1.807, 2.05) is 17.5 Å². The minimum Gasteiger partial charge on any atom is -0.351 e. The fraction of sp³-hybridized carbons (Fsp3) is 0.500. The zero-order valence-electron chi connectivity index (χ0n) is 7.95. The Morgan fingerprint density at radius 1 is 1.64 bits per heavy atom. The van der Waals surface area contributed by atoms with Crippen LogP contribution in [0.5, 0.6) is 0 Å². The summed E-state index contributed by atoms with van der Waals surface area (Å²) in [4.78, 5) is 12.9.